The molecule has 0 fully saturated rings. The summed E-state index contributed by atoms with van der Waals surface area (Å²) >= 11 is 0. The van der Waals surface area contributed by atoms with E-state index in [9.17, 15) is 4.79 Å². The van der Waals surface area contributed by atoms with E-state index in [2.05, 4.69) is 10.4 Å². The molecule has 0 saturated heterocycles. The van der Waals surface area contributed by atoms with Crippen LogP contribution in [-0.2, 0) is 4.79 Å². The molecule has 4 rings (SSSR count). The molecule has 146 valence electrons. The SMILES string of the molecule is O=C1CCC(c2ccccc2)=NN1CCCNCC1COc2ccccc2O1. The predicted molar refractivity (Wildman–Crippen MR) is 108 cm³/mol. The molecule has 1 amide bonds. The van der Waals surface area contributed by atoms with Crippen LogP contribution >= 0.6 is 0 Å². The van der Waals surface area contributed by atoms with Crippen LogP contribution in [-0.4, -0.2) is 49.0 Å². The average Bonchev–Trinajstić information content (AvgIpc) is 2.75. The second-order valence-corrected chi connectivity index (χ2v) is 6.98. The third-order valence-electron chi connectivity index (χ3n) is 4.87. The number of ether oxygens (including phenoxy) is 2. The number of carbonyl (C=O) groups excluding carboxylic acids is 1. The Hall–Kier alpha value is -2.86. The van der Waals surface area contributed by atoms with Gasteiger partial charge in [-0.25, -0.2) is 5.01 Å². The van der Waals surface area contributed by atoms with Gasteiger partial charge in [0.05, 0.1) is 5.71 Å². The van der Waals surface area contributed by atoms with Crippen LogP contribution < -0.4 is 14.8 Å². The number of hydrogen-bond acceptors (Lipinski definition) is 5. The van der Waals surface area contributed by atoms with Gasteiger partial charge in [0.2, 0.25) is 5.91 Å². The fourth-order valence-corrected chi connectivity index (χ4v) is 3.39. The van der Waals surface area contributed by atoms with Gasteiger partial charge in [0.1, 0.15) is 12.7 Å². The standard InChI is InChI=1S/C22H25N3O3/c26-22-12-11-19(17-7-2-1-3-8-17)24-25(22)14-6-13-23-15-18-16-27-20-9-4-5-10-21(20)28-18/h1-5,7-10,18,23H,6,11-16H2. The number of nitrogens with zero attached hydrogens (tertiary/aromatic N) is 2. The van der Waals surface area contributed by atoms with E-state index in [0.717, 1.165) is 35.7 Å². The Morgan fingerprint density at radius 3 is 2.68 bits per heavy atom. The quantitative estimate of drug-likeness (QED) is 0.752. The highest BCUT2D eigenvalue weighted by Gasteiger charge is 2.22. The molecule has 28 heavy (non-hydrogen) atoms. The number of hydrazone groups is 1. The highest BCUT2D eigenvalue weighted by Crippen LogP contribution is 2.30. The molecule has 0 aliphatic carbocycles. The molecule has 2 aliphatic rings. The molecule has 2 aromatic carbocycles. The molecular weight excluding hydrogens is 354 g/mol. The van der Waals surface area contributed by atoms with Gasteiger partial charge in [0.15, 0.2) is 11.5 Å². The summed E-state index contributed by atoms with van der Waals surface area (Å²) in [6.07, 6.45) is 2.06. The van der Waals surface area contributed by atoms with Gasteiger partial charge in [-0.2, -0.15) is 5.10 Å². The third-order valence-corrected chi connectivity index (χ3v) is 4.87. The zero-order valence-corrected chi connectivity index (χ0v) is 15.8. The van der Waals surface area contributed by atoms with E-state index >= 15 is 0 Å². The Morgan fingerprint density at radius 1 is 1.04 bits per heavy atom. The van der Waals surface area contributed by atoms with E-state index in [4.69, 9.17) is 9.47 Å². The van der Waals surface area contributed by atoms with Crippen molar-refractivity contribution in [3.63, 3.8) is 0 Å². The second kappa shape index (κ2) is 8.89. The van der Waals surface area contributed by atoms with Crippen molar-refractivity contribution in [3.8, 4) is 11.5 Å². The topological polar surface area (TPSA) is 63.2 Å². The second-order valence-electron chi connectivity index (χ2n) is 6.98. The lowest BCUT2D eigenvalue weighted by Gasteiger charge is -2.27. The monoisotopic (exact) mass is 379 g/mol. The van der Waals surface area contributed by atoms with Crippen LogP contribution in [0.5, 0.6) is 11.5 Å². The van der Waals surface area contributed by atoms with E-state index in [1.807, 2.05) is 54.6 Å². The number of fused-ring (bicyclic) bond motifs is 1. The molecule has 2 aromatic rings. The molecule has 0 radical (unpaired) electrons. The van der Waals surface area contributed by atoms with Crippen molar-refractivity contribution in [2.24, 2.45) is 5.10 Å². The maximum absolute atomic E-state index is 12.2. The molecule has 2 heterocycles. The van der Waals surface area contributed by atoms with Gasteiger partial charge in [-0.05, 0) is 30.7 Å². The first-order valence-corrected chi connectivity index (χ1v) is 9.82. The van der Waals surface area contributed by atoms with Crippen LogP contribution in [0, 0.1) is 0 Å². The fourth-order valence-electron chi connectivity index (χ4n) is 3.39. The van der Waals surface area contributed by atoms with Crippen LogP contribution in [0.1, 0.15) is 24.8 Å². The molecule has 0 saturated carbocycles. The van der Waals surface area contributed by atoms with Gasteiger partial charge in [-0.15, -0.1) is 0 Å². The number of carbonyl (C=O) groups is 1. The minimum Gasteiger partial charge on any atom is -0.486 e. The van der Waals surface area contributed by atoms with E-state index in [0.29, 0.717) is 32.5 Å². The number of amides is 1. The van der Waals surface area contributed by atoms with Crippen molar-refractivity contribution < 1.29 is 14.3 Å². The van der Waals surface area contributed by atoms with E-state index in [1.165, 1.54) is 0 Å². The minimum absolute atomic E-state index is 0.00535. The summed E-state index contributed by atoms with van der Waals surface area (Å²) in [6, 6.07) is 17.8. The molecular formula is C22H25N3O3. The Bertz CT molecular complexity index is 838. The number of hydrogen-bond donors (Lipinski definition) is 1. The van der Waals surface area contributed by atoms with Gasteiger partial charge in [-0.3, -0.25) is 4.79 Å². The Labute approximate surface area is 165 Å². The normalized spacial score (nSPS) is 18.7. The number of benzene rings is 2. The summed E-state index contributed by atoms with van der Waals surface area (Å²) in [5, 5.41) is 9.58. The predicted octanol–water partition coefficient (Wildman–Crippen LogP) is 2.83. The smallest absolute Gasteiger partial charge is 0.243 e. The van der Waals surface area contributed by atoms with Crippen molar-refractivity contribution in [3.05, 3.63) is 60.2 Å². The lowest BCUT2D eigenvalue weighted by Crippen LogP contribution is -2.39. The summed E-state index contributed by atoms with van der Waals surface area (Å²) < 4.78 is 11.7. The fraction of sp³-hybridized carbons (Fsp3) is 0.364. The number of rotatable bonds is 7. The van der Waals surface area contributed by atoms with E-state index < -0.39 is 0 Å². The van der Waals surface area contributed by atoms with Crippen molar-refractivity contribution in [1.29, 1.82) is 0 Å². The third kappa shape index (κ3) is 4.51. The molecule has 0 aromatic heterocycles. The van der Waals surface area contributed by atoms with Crippen molar-refractivity contribution in [2.45, 2.75) is 25.4 Å². The maximum atomic E-state index is 12.2. The Kier molecular flexibility index (Phi) is 5.87. The highest BCUT2D eigenvalue weighted by molar-refractivity contribution is 6.04. The van der Waals surface area contributed by atoms with Crippen molar-refractivity contribution in [2.75, 3.05) is 26.2 Å². The first-order chi connectivity index (χ1) is 13.8. The summed E-state index contributed by atoms with van der Waals surface area (Å²) in [5.74, 6) is 1.69. The largest absolute Gasteiger partial charge is 0.486 e. The molecule has 2 aliphatic heterocycles. The zero-order chi connectivity index (χ0) is 19.2. The lowest BCUT2D eigenvalue weighted by atomic mass is 10.0. The lowest BCUT2D eigenvalue weighted by molar-refractivity contribution is -0.131. The molecule has 0 spiro atoms. The summed E-state index contributed by atoms with van der Waals surface area (Å²) in [7, 11) is 0. The maximum Gasteiger partial charge on any atom is 0.243 e. The first-order valence-electron chi connectivity index (χ1n) is 9.82. The zero-order valence-electron chi connectivity index (χ0n) is 15.8. The molecule has 0 bridgehead atoms. The van der Waals surface area contributed by atoms with Gasteiger partial charge in [0.25, 0.3) is 0 Å². The van der Waals surface area contributed by atoms with Gasteiger partial charge in [-0.1, -0.05) is 42.5 Å². The Balaban J connectivity index is 1.21. The van der Waals surface area contributed by atoms with Crippen LogP contribution in [0.25, 0.3) is 0 Å². The number of para-hydroxylation sites is 2. The highest BCUT2D eigenvalue weighted by atomic mass is 16.6. The molecule has 1 N–H and O–H groups in total. The Morgan fingerprint density at radius 2 is 1.82 bits per heavy atom. The van der Waals surface area contributed by atoms with Gasteiger partial charge < -0.3 is 14.8 Å². The average molecular weight is 379 g/mol. The van der Waals surface area contributed by atoms with Gasteiger partial charge >= 0.3 is 0 Å². The van der Waals surface area contributed by atoms with Crippen LogP contribution in [0.15, 0.2) is 59.7 Å². The minimum atomic E-state index is -0.00535. The van der Waals surface area contributed by atoms with E-state index in [-0.39, 0.29) is 12.0 Å². The van der Waals surface area contributed by atoms with E-state index in [1.54, 1.807) is 5.01 Å². The first kappa shape index (κ1) is 18.5. The molecule has 6 nitrogen and oxygen atoms in total. The van der Waals surface area contributed by atoms with Crippen LogP contribution in [0.2, 0.25) is 0 Å². The summed E-state index contributed by atoms with van der Waals surface area (Å²) in [4.78, 5) is 12.2. The molecule has 1 unspecified atom stereocenters. The van der Waals surface area contributed by atoms with Crippen molar-refractivity contribution >= 4 is 11.6 Å². The summed E-state index contributed by atoms with van der Waals surface area (Å²) in [5.41, 5.74) is 2.08. The molecule has 1 atom stereocenters. The van der Waals surface area contributed by atoms with Crippen molar-refractivity contribution in [1.82, 2.24) is 10.3 Å². The van der Waals surface area contributed by atoms with Crippen LogP contribution in [0.3, 0.4) is 0 Å². The number of nitrogens with one attached hydrogen (secondary N) is 1. The van der Waals surface area contributed by atoms with Crippen LogP contribution in [0.4, 0.5) is 0 Å². The van der Waals surface area contributed by atoms with Gasteiger partial charge in [0, 0.05) is 25.9 Å². The summed E-state index contributed by atoms with van der Waals surface area (Å²) in [6.45, 7) is 2.66. The molecule has 6 heteroatoms.